The number of hydrogen-bond acceptors (Lipinski definition) is 8. The number of nitrogens with two attached hydrogens (primary N) is 1. The molecular weight excluding hydrogens is 514 g/mol. The Balaban J connectivity index is 1.21. The van der Waals surface area contributed by atoms with E-state index in [1.807, 2.05) is 43.0 Å². The molecule has 2 unspecified atom stereocenters. The Hall–Kier alpha value is -3.02. The molecule has 7 rings (SSSR count). The third kappa shape index (κ3) is 3.88. The monoisotopic (exact) mass is 549 g/mol. The predicted octanol–water partition coefficient (Wildman–Crippen LogP) is 3.59. The molecule has 4 fully saturated rings. The van der Waals surface area contributed by atoms with Crippen molar-refractivity contribution in [2.75, 3.05) is 26.2 Å². The minimum Gasteiger partial charge on any atom is -0.444 e. The summed E-state index contributed by atoms with van der Waals surface area (Å²) in [6.45, 7) is 8.38. The lowest BCUT2D eigenvalue weighted by Crippen LogP contribution is -2.68. The topological polar surface area (TPSA) is 119 Å². The molecule has 2 amide bonds. The van der Waals surface area contributed by atoms with Crippen LogP contribution in [0.15, 0.2) is 29.8 Å². The van der Waals surface area contributed by atoms with E-state index in [-0.39, 0.29) is 29.5 Å². The number of benzene rings is 1. The van der Waals surface area contributed by atoms with Crippen molar-refractivity contribution in [3.8, 4) is 10.6 Å². The molecule has 11 heteroatoms. The fourth-order valence-corrected chi connectivity index (χ4v) is 7.80. The van der Waals surface area contributed by atoms with Crippen molar-refractivity contribution in [1.29, 1.82) is 0 Å². The van der Waals surface area contributed by atoms with Crippen LogP contribution >= 0.6 is 11.3 Å². The summed E-state index contributed by atoms with van der Waals surface area (Å²) >= 11 is 1.57. The number of amides is 2. The molecule has 4 atom stereocenters. The van der Waals surface area contributed by atoms with Gasteiger partial charge in [0.15, 0.2) is 5.69 Å². The van der Waals surface area contributed by atoms with E-state index in [2.05, 4.69) is 21.3 Å². The lowest BCUT2D eigenvalue weighted by atomic mass is 9.59. The number of hydrogen-bond donors (Lipinski definition) is 2. The third-order valence-electron chi connectivity index (χ3n) is 9.14. The second-order valence-corrected chi connectivity index (χ2v) is 13.5. The molecule has 206 valence electrons. The number of aromatic nitrogens is 3. The molecule has 1 spiro atoms. The van der Waals surface area contributed by atoms with Crippen LogP contribution in [0.1, 0.15) is 63.0 Å². The van der Waals surface area contributed by atoms with Gasteiger partial charge in [0.2, 0.25) is 0 Å². The van der Waals surface area contributed by atoms with E-state index >= 15 is 0 Å². The zero-order chi connectivity index (χ0) is 27.2. The quantitative estimate of drug-likeness (QED) is 0.478. The zero-order valence-electron chi connectivity index (χ0n) is 22.6. The highest BCUT2D eigenvalue weighted by Crippen LogP contribution is 2.59. The van der Waals surface area contributed by atoms with E-state index in [1.54, 1.807) is 22.4 Å². The average Bonchev–Trinajstić information content (AvgIpc) is 3.60. The van der Waals surface area contributed by atoms with Crippen LogP contribution in [0.25, 0.3) is 21.5 Å². The van der Waals surface area contributed by atoms with E-state index in [1.165, 1.54) is 12.8 Å². The highest BCUT2D eigenvalue weighted by molar-refractivity contribution is 7.13. The molecule has 5 heterocycles. The summed E-state index contributed by atoms with van der Waals surface area (Å²) in [5.74, 6) is 0.0413. The van der Waals surface area contributed by atoms with Crippen molar-refractivity contribution >= 4 is 34.2 Å². The summed E-state index contributed by atoms with van der Waals surface area (Å²) in [6.07, 6.45) is 5.56. The molecule has 4 aliphatic rings. The Morgan fingerprint density at radius 1 is 1.21 bits per heavy atom. The molecule has 39 heavy (non-hydrogen) atoms. The second-order valence-electron chi connectivity index (χ2n) is 12.6. The first-order valence-corrected chi connectivity index (χ1v) is 14.7. The highest BCUT2D eigenvalue weighted by Gasteiger charge is 2.68. The van der Waals surface area contributed by atoms with Gasteiger partial charge in [-0.05, 0) is 58.6 Å². The lowest BCUT2D eigenvalue weighted by Gasteiger charge is -2.58. The molecule has 3 aromatic rings. The largest absolute Gasteiger partial charge is 0.444 e. The number of ether oxygens (including phenoxy) is 1. The molecule has 1 aliphatic carbocycles. The molecule has 3 N–H and O–H groups in total. The van der Waals surface area contributed by atoms with Gasteiger partial charge in [0.1, 0.15) is 16.3 Å². The van der Waals surface area contributed by atoms with Crippen LogP contribution in [-0.2, 0) is 4.74 Å². The van der Waals surface area contributed by atoms with E-state index in [9.17, 15) is 9.59 Å². The van der Waals surface area contributed by atoms with Crippen molar-refractivity contribution in [2.24, 2.45) is 11.7 Å². The van der Waals surface area contributed by atoms with Gasteiger partial charge in [-0.15, -0.1) is 11.3 Å². The zero-order valence-corrected chi connectivity index (χ0v) is 23.5. The summed E-state index contributed by atoms with van der Waals surface area (Å²) in [7, 11) is 0. The summed E-state index contributed by atoms with van der Waals surface area (Å²) in [5, 5.41) is 11.7. The molecule has 0 radical (unpaired) electrons. The van der Waals surface area contributed by atoms with Crippen molar-refractivity contribution in [3.63, 3.8) is 0 Å². The van der Waals surface area contributed by atoms with Crippen molar-refractivity contribution in [2.45, 2.75) is 69.3 Å². The SMILES string of the molecule is CC(C)(C)OC(=O)N1CCC(n2nc(C(=O)N[C@]3(N)CN4CCC45CC[C@@H]53)c3ccc(-c4nccs4)cc32)C1. The Bertz CT molecular complexity index is 1460. The Kier molecular flexibility index (Phi) is 5.44. The summed E-state index contributed by atoms with van der Waals surface area (Å²) in [5.41, 5.74) is 7.97. The summed E-state index contributed by atoms with van der Waals surface area (Å²) < 4.78 is 7.52. The first-order chi connectivity index (χ1) is 18.6. The predicted molar refractivity (Wildman–Crippen MR) is 148 cm³/mol. The fourth-order valence-electron chi connectivity index (χ4n) is 7.17. The van der Waals surface area contributed by atoms with Crippen molar-refractivity contribution in [3.05, 3.63) is 35.5 Å². The number of fused-ring (bicyclic) bond motifs is 1. The van der Waals surface area contributed by atoms with Gasteiger partial charge in [-0.3, -0.25) is 14.4 Å². The highest BCUT2D eigenvalue weighted by atomic mass is 32.1. The number of nitrogens with zero attached hydrogens (tertiary/aromatic N) is 5. The van der Waals surface area contributed by atoms with E-state index < -0.39 is 11.3 Å². The first-order valence-electron chi connectivity index (χ1n) is 13.8. The standard InChI is InChI=1S/C28H35N7O3S/c1-26(2,3)38-25(37)33-11-7-18(15-33)35-20-14-17(24-30-10-13-39-24)4-5-19(20)22(32-35)23(36)31-28(29)16-34-12-9-27(34)8-6-21(27)28/h4-5,10,13-14,18,21H,6-9,11-12,15-16,29H2,1-3H3,(H,31,36)/t18?,21-,27?,28+/m0/s1. The number of likely N-dealkylation sites (tertiary alicyclic amines) is 1. The molecule has 3 aliphatic heterocycles. The molecule has 0 bridgehead atoms. The number of thiazole rings is 1. The molecule has 2 aromatic heterocycles. The smallest absolute Gasteiger partial charge is 0.410 e. The van der Waals surface area contributed by atoms with Crippen LogP contribution in [0.3, 0.4) is 0 Å². The van der Waals surface area contributed by atoms with Crippen molar-refractivity contribution in [1.82, 2.24) is 29.9 Å². The molecular formula is C28H35N7O3S. The van der Waals surface area contributed by atoms with Crippen molar-refractivity contribution < 1.29 is 14.3 Å². The van der Waals surface area contributed by atoms with E-state index in [4.69, 9.17) is 15.6 Å². The normalized spacial score (nSPS) is 30.0. The minimum atomic E-state index is -0.746. The van der Waals surface area contributed by atoms with Crippen LogP contribution in [-0.4, -0.2) is 79.5 Å². The Morgan fingerprint density at radius 3 is 2.69 bits per heavy atom. The molecule has 10 nitrogen and oxygen atoms in total. The number of rotatable bonds is 4. The van der Waals surface area contributed by atoms with Crippen LogP contribution in [0.4, 0.5) is 4.79 Å². The van der Waals surface area contributed by atoms with Gasteiger partial charge in [-0.25, -0.2) is 9.78 Å². The molecule has 3 saturated heterocycles. The van der Waals surface area contributed by atoms with Gasteiger partial charge >= 0.3 is 6.09 Å². The van der Waals surface area contributed by atoms with Gasteiger partial charge < -0.3 is 20.7 Å². The summed E-state index contributed by atoms with van der Waals surface area (Å²) in [4.78, 5) is 35.2. The number of nitrogens with one attached hydrogen (secondary N) is 1. The second kappa shape index (κ2) is 8.49. The van der Waals surface area contributed by atoms with Crippen LogP contribution in [0.2, 0.25) is 0 Å². The van der Waals surface area contributed by atoms with Crippen LogP contribution < -0.4 is 11.1 Å². The van der Waals surface area contributed by atoms with Crippen LogP contribution in [0, 0.1) is 5.92 Å². The van der Waals surface area contributed by atoms with E-state index in [0.717, 1.165) is 40.9 Å². The third-order valence-corrected chi connectivity index (χ3v) is 9.96. The lowest BCUT2D eigenvalue weighted by molar-refractivity contribution is -0.0721. The average molecular weight is 550 g/mol. The Morgan fingerprint density at radius 2 is 2.05 bits per heavy atom. The van der Waals surface area contributed by atoms with Gasteiger partial charge in [0.05, 0.1) is 11.6 Å². The van der Waals surface area contributed by atoms with Gasteiger partial charge in [-0.1, -0.05) is 6.07 Å². The van der Waals surface area contributed by atoms with Gasteiger partial charge in [-0.2, -0.15) is 5.10 Å². The number of carbonyl (C=O) groups excluding carboxylic acids is 2. The van der Waals surface area contributed by atoms with Crippen LogP contribution in [0.5, 0.6) is 0 Å². The first kappa shape index (κ1) is 25.0. The summed E-state index contributed by atoms with van der Waals surface area (Å²) in [6, 6.07) is 5.92. The Labute approximate surface area is 231 Å². The maximum absolute atomic E-state index is 13.8. The molecule has 1 aromatic carbocycles. The fraction of sp³-hybridized carbons (Fsp3) is 0.571. The van der Waals surface area contributed by atoms with E-state index in [0.29, 0.717) is 25.3 Å². The maximum Gasteiger partial charge on any atom is 0.410 e. The molecule has 1 saturated carbocycles. The minimum absolute atomic E-state index is 0.0803. The maximum atomic E-state index is 13.8. The van der Waals surface area contributed by atoms with Gasteiger partial charge in [0, 0.05) is 60.2 Å². The van der Waals surface area contributed by atoms with Gasteiger partial charge in [0.25, 0.3) is 5.91 Å². The number of carbonyl (C=O) groups is 2.